The van der Waals surface area contributed by atoms with Gasteiger partial charge in [0.1, 0.15) is 18.2 Å². The predicted molar refractivity (Wildman–Crippen MR) is 223 cm³/mol. The number of hydroxylamine groups is 2. The van der Waals surface area contributed by atoms with E-state index in [2.05, 4.69) is 50.4 Å². The van der Waals surface area contributed by atoms with Gasteiger partial charge in [0, 0.05) is 56.6 Å². The van der Waals surface area contributed by atoms with Gasteiger partial charge in [0.05, 0.1) is 18.8 Å². The van der Waals surface area contributed by atoms with Crippen LogP contribution in [0.2, 0.25) is 0 Å². The van der Waals surface area contributed by atoms with E-state index in [9.17, 15) is 24.6 Å². The molecule has 0 spiro atoms. The number of ether oxygens (including phenoxy) is 1. The van der Waals surface area contributed by atoms with E-state index in [-0.39, 0.29) is 72.2 Å². The number of aliphatic hydroxyl groups is 2. The molecule has 2 heterocycles. The Morgan fingerprint density at radius 2 is 1.71 bits per heavy atom. The number of aliphatic hydroxyl groups excluding tert-OH is 2. The molecular weight excluding hydrogens is 735 g/mol. The van der Waals surface area contributed by atoms with E-state index in [0.29, 0.717) is 42.2 Å². The zero-order valence-corrected chi connectivity index (χ0v) is 36.9. The molecule has 8 rings (SSSR count). The largest absolute Gasteiger partial charge is 0.394 e. The molecule has 12 heteroatoms. The number of hydrogen-bond acceptors (Lipinski definition) is 9. The monoisotopic (exact) mass is 814 g/mol. The average Bonchev–Trinajstić information content (AvgIpc) is 3.86. The summed E-state index contributed by atoms with van der Waals surface area (Å²) in [5.41, 5.74) is 0.305. The van der Waals surface area contributed by atoms with Gasteiger partial charge in [0.25, 0.3) is 0 Å². The second-order valence-corrected chi connectivity index (χ2v) is 21.0. The molecule has 2 aliphatic heterocycles. The second-order valence-electron chi connectivity index (χ2n) is 21.0. The van der Waals surface area contributed by atoms with Crippen molar-refractivity contribution in [3.05, 3.63) is 0 Å². The Morgan fingerprint density at radius 3 is 2.36 bits per heavy atom. The standard InChI is InChI=1S/C46H79N5O7/c1-27-36-22-33(46(36,3)4)23-37(27)48-44(55)41-40(28(2)53)39(26-52)58-51(41)25-30-15-11-16-35(42(30)57-7)31-19-32(21-34(20-31)49(5)6)45(56)50-18-12-17-38(50)43(54)47-24-29-13-9-8-10-14-29/h27-42,52-53H,8-26H2,1-7H3,(H,47,54)(H,48,55)/t27-,28-,30?,31?,32?,33?,34?,35?,36-,37-,38-,39-,40-,41-,42?/m0/s1. The highest BCUT2D eigenvalue weighted by Gasteiger charge is 2.58. The van der Waals surface area contributed by atoms with E-state index in [4.69, 9.17) is 9.57 Å². The Hall–Kier alpha value is -1.83. The van der Waals surface area contributed by atoms with Crippen molar-refractivity contribution in [2.24, 2.45) is 58.7 Å². The van der Waals surface area contributed by atoms with Gasteiger partial charge in [-0.1, -0.05) is 46.5 Å². The van der Waals surface area contributed by atoms with Gasteiger partial charge in [-0.2, -0.15) is 5.06 Å². The first-order valence-corrected chi connectivity index (χ1v) is 23.5. The number of hydrogen-bond donors (Lipinski definition) is 4. The van der Waals surface area contributed by atoms with E-state index in [1.165, 1.54) is 38.5 Å². The molecule has 3 amide bonds. The number of amides is 3. The van der Waals surface area contributed by atoms with Crippen LogP contribution in [0.1, 0.15) is 124 Å². The van der Waals surface area contributed by atoms with Crippen LogP contribution >= 0.6 is 0 Å². The van der Waals surface area contributed by atoms with Crippen molar-refractivity contribution in [2.45, 2.75) is 166 Å². The van der Waals surface area contributed by atoms with Gasteiger partial charge in [-0.05, 0) is 133 Å². The summed E-state index contributed by atoms with van der Waals surface area (Å²) in [6.07, 6.45) is 13.8. The molecule has 0 aromatic rings. The molecule has 330 valence electrons. The van der Waals surface area contributed by atoms with E-state index >= 15 is 0 Å². The van der Waals surface area contributed by atoms with Crippen molar-refractivity contribution >= 4 is 17.7 Å². The fraction of sp³-hybridized carbons (Fsp3) is 0.935. The smallest absolute Gasteiger partial charge is 0.242 e. The molecule has 2 saturated heterocycles. The zero-order valence-electron chi connectivity index (χ0n) is 36.9. The fourth-order valence-electron chi connectivity index (χ4n) is 13.7. The van der Waals surface area contributed by atoms with Crippen LogP contribution < -0.4 is 10.6 Å². The molecule has 0 aromatic carbocycles. The molecule has 6 saturated carbocycles. The lowest BCUT2D eigenvalue weighted by Gasteiger charge is -2.62. The fourth-order valence-corrected chi connectivity index (χ4v) is 13.7. The Labute approximate surface area is 349 Å². The van der Waals surface area contributed by atoms with Gasteiger partial charge in [0.15, 0.2) is 0 Å². The third-order valence-electron chi connectivity index (χ3n) is 17.3. The van der Waals surface area contributed by atoms with Gasteiger partial charge in [0.2, 0.25) is 17.7 Å². The lowest BCUT2D eigenvalue weighted by atomic mass is 9.45. The van der Waals surface area contributed by atoms with Crippen LogP contribution in [0.25, 0.3) is 0 Å². The lowest BCUT2D eigenvalue weighted by Crippen LogP contribution is -2.62. The van der Waals surface area contributed by atoms with E-state index in [0.717, 1.165) is 64.3 Å². The number of rotatable bonds is 13. The maximum absolute atomic E-state index is 14.5. The average molecular weight is 814 g/mol. The van der Waals surface area contributed by atoms with Crippen LogP contribution in [-0.4, -0.2) is 133 Å². The van der Waals surface area contributed by atoms with Gasteiger partial charge < -0.3 is 35.4 Å². The summed E-state index contributed by atoms with van der Waals surface area (Å²) in [6, 6.07) is -0.773. The Balaban J connectivity index is 1.04. The van der Waals surface area contributed by atoms with Gasteiger partial charge >= 0.3 is 0 Å². The minimum Gasteiger partial charge on any atom is -0.394 e. The normalized spacial score (nSPS) is 41.2. The van der Waals surface area contributed by atoms with Crippen molar-refractivity contribution in [3.63, 3.8) is 0 Å². The topological polar surface area (TPSA) is 144 Å². The highest BCUT2D eigenvalue weighted by molar-refractivity contribution is 5.89. The highest BCUT2D eigenvalue weighted by Crippen LogP contribution is 2.61. The molecular formula is C46H79N5O7. The van der Waals surface area contributed by atoms with Crippen molar-refractivity contribution in [1.29, 1.82) is 0 Å². The molecule has 8 fully saturated rings. The molecule has 58 heavy (non-hydrogen) atoms. The maximum atomic E-state index is 14.5. The number of fused-ring (bicyclic) bond motifs is 2. The van der Waals surface area contributed by atoms with Crippen LogP contribution in [0.4, 0.5) is 0 Å². The van der Waals surface area contributed by atoms with Crippen LogP contribution in [0.5, 0.6) is 0 Å². The summed E-state index contributed by atoms with van der Waals surface area (Å²) in [6.45, 7) is 10.2. The zero-order chi connectivity index (χ0) is 41.5. The third-order valence-corrected chi connectivity index (χ3v) is 17.3. The predicted octanol–water partition coefficient (Wildman–Crippen LogP) is 4.61. The molecule has 4 N–H and O–H groups in total. The third kappa shape index (κ3) is 8.90. The molecule has 8 aliphatic rings. The Bertz CT molecular complexity index is 1420. The quantitative estimate of drug-likeness (QED) is 0.210. The molecule has 12 nitrogen and oxygen atoms in total. The molecule has 0 radical (unpaired) electrons. The lowest BCUT2D eigenvalue weighted by molar-refractivity contribution is -0.193. The molecule has 15 atom stereocenters. The Kier molecular flexibility index (Phi) is 14.2. The van der Waals surface area contributed by atoms with Gasteiger partial charge in [-0.25, -0.2) is 0 Å². The van der Waals surface area contributed by atoms with Gasteiger partial charge in [-0.15, -0.1) is 0 Å². The number of nitrogens with zero attached hydrogens (tertiary/aromatic N) is 3. The second kappa shape index (κ2) is 18.6. The summed E-state index contributed by atoms with van der Waals surface area (Å²) >= 11 is 0. The van der Waals surface area contributed by atoms with E-state index < -0.39 is 24.2 Å². The summed E-state index contributed by atoms with van der Waals surface area (Å²) in [7, 11) is 6.04. The molecule has 2 bridgehead atoms. The van der Waals surface area contributed by atoms with Crippen molar-refractivity contribution in [1.82, 2.24) is 25.5 Å². The maximum Gasteiger partial charge on any atom is 0.242 e. The van der Waals surface area contributed by atoms with E-state index in [1.807, 2.05) is 4.90 Å². The molecule has 0 aromatic heterocycles. The first kappa shape index (κ1) is 44.2. The summed E-state index contributed by atoms with van der Waals surface area (Å²) in [5, 5.41) is 30.0. The van der Waals surface area contributed by atoms with Crippen LogP contribution in [0.15, 0.2) is 0 Å². The summed E-state index contributed by atoms with van der Waals surface area (Å²) < 4.78 is 6.45. The van der Waals surface area contributed by atoms with Crippen LogP contribution in [0, 0.1) is 58.7 Å². The minimum atomic E-state index is -0.843. The summed E-state index contributed by atoms with van der Waals surface area (Å²) in [4.78, 5) is 53.1. The summed E-state index contributed by atoms with van der Waals surface area (Å²) in [5.74, 6) is 1.99. The highest BCUT2D eigenvalue weighted by atomic mass is 16.7. The number of likely N-dealkylation sites (tertiary alicyclic amines) is 1. The first-order chi connectivity index (χ1) is 27.7. The van der Waals surface area contributed by atoms with Crippen LogP contribution in [-0.2, 0) is 24.0 Å². The number of carbonyl (C=O) groups is 3. The Morgan fingerprint density at radius 1 is 0.948 bits per heavy atom. The first-order valence-electron chi connectivity index (χ1n) is 23.5. The van der Waals surface area contributed by atoms with Crippen LogP contribution in [0.3, 0.4) is 0 Å². The van der Waals surface area contributed by atoms with E-state index in [1.54, 1.807) is 19.1 Å². The minimum absolute atomic E-state index is 0.0220. The molecule has 7 unspecified atom stereocenters. The van der Waals surface area contributed by atoms with Crippen molar-refractivity contribution in [2.75, 3.05) is 47.4 Å². The number of nitrogens with one attached hydrogen (secondary N) is 2. The number of methoxy groups -OCH3 is 1. The molecule has 6 aliphatic carbocycles. The number of carbonyl (C=O) groups excluding carboxylic acids is 3. The van der Waals surface area contributed by atoms with Crippen molar-refractivity contribution < 1.29 is 34.2 Å². The van der Waals surface area contributed by atoms with Gasteiger partial charge in [-0.3, -0.25) is 19.2 Å². The van der Waals surface area contributed by atoms with Crippen molar-refractivity contribution in [3.8, 4) is 0 Å². The SMILES string of the molecule is COC1C(CN2O[C@@H](CO)[C@H]([C@H](C)O)[C@H]2C(=O)N[C@H]2CC3C[C@@H]([C@@H]2C)C3(C)C)CCCC1C1CC(C(=O)N2CCC[C@H]2C(=O)NCC2CCCCC2)CC(N(C)C)C1.